The van der Waals surface area contributed by atoms with Gasteiger partial charge in [-0.1, -0.05) is 29.4 Å². The van der Waals surface area contributed by atoms with Crippen molar-refractivity contribution in [1.82, 2.24) is 24.8 Å². The van der Waals surface area contributed by atoms with Crippen LogP contribution in [0.15, 0.2) is 53.3 Å². The molecule has 1 fully saturated rings. The van der Waals surface area contributed by atoms with Crippen LogP contribution in [-0.2, 0) is 0 Å². The molecule has 0 unspecified atom stereocenters. The Morgan fingerprint density at radius 1 is 1.07 bits per heavy atom. The average Bonchev–Trinajstić information content (AvgIpc) is 3.19. The molecule has 1 saturated heterocycles. The summed E-state index contributed by atoms with van der Waals surface area (Å²) < 4.78 is 3.53. The minimum absolute atomic E-state index is 0.0381. The van der Waals surface area contributed by atoms with E-state index in [0.29, 0.717) is 12.5 Å². The van der Waals surface area contributed by atoms with Gasteiger partial charge in [-0.25, -0.2) is 0 Å². The van der Waals surface area contributed by atoms with Crippen LogP contribution in [0.2, 0.25) is 0 Å². The zero-order chi connectivity index (χ0) is 18.4. The van der Waals surface area contributed by atoms with E-state index in [0.717, 1.165) is 24.3 Å². The molecule has 2 aliphatic rings. The largest absolute Gasteiger partial charge is 0.394 e. The predicted molar refractivity (Wildman–Crippen MR) is 99.0 cm³/mol. The molecule has 2 bridgehead atoms. The Bertz CT molecular complexity index is 1010. The third-order valence-corrected chi connectivity index (χ3v) is 5.72. The standard InChI is InChI=1S/C19H20N6O2/c26-12-17-14-9-13(16-7-4-8-18(27)24(16)17)10-23(11-14)19-20-21-22-25(19)15-5-2-1-3-6-15/h1-8,13-14,17,26H,9-12H2/t13-,14+,17+/m1/s1. The van der Waals surface area contributed by atoms with Gasteiger partial charge in [0.2, 0.25) is 5.95 Å². The quantitative estimate of drug-likeness (QED) is 0.745. The normalized spacial score (nSPS) is 23.9. The number of anilines is 1. The van der Waals surface area contributed by atoms with Crippen molar-refractivity contribution in [2.75, 3.05) is 24.6 Å². The second-order valence-electron chi connectivity index (χ2n) is 7.23. The minimum Gasteiger partial charge on any atom is -0.394 e. The SMILES string of the molecule is O=c1cccc2n1[C@@H](CO)[C@H]1C[C@@H]2CN(c2nnnn2-c2ccccc2)C1. The van der Waals surface area contributed by atoms with E-state index in [-0.39, 0.29) is 30.0 Å². The van der Waals surface area contributed by atoms with Crippen LogP contribution in [0.25, 0.3) is 5.69 Å². The maximum absolute atomic E-state index is 12.4. The Morgan fingerprint density at radius 3 is 2.74 bits per heavy atom. The van der Waals surface area contributed by atoms with Gasteiger partial charge < -0.3 is 14.6 Å². The van der Waals surface area contributed by atoms with Crippen molar-refractivity contribution >= 4 is 5.95 Å². The van der Waals surface area contributed by atoms with Crippen molar-refractivity contribution in [3.63, 3.8) is 0 Å². The molecule has 0 radical (unpaired) electrons. The van der Waals surface area contributed by atoms with Gasteiger partial charge in [0.1, 0.15) is 0 Å². The Hall–Kier alpha value is -3.00. The molecule has 4 heterocycles. The lowest BCUT2D eigenvalue weighted by atomic mass is 9.79. The van der Waals surface area contributed by atoms with Crippen molar-refractivity contribution in [3.8, 4) is 5.69 Å². The summed E-state index contributed by atoms with van der Waals surface area (Å²) >= 11 is 0. The van der Waals surface area contributed by atoms with Gasteiger partial charge in [-0.05, 0) is 35.0 Å². The third-order valence-electron chi connectivity index (χ3n) is 5.72. The number of hydrogen-bond donors (Lipinski definition) is 1. The topological polar surface area (TPSA) is 89.1 Å². The summed E-state index contributed by atoms with van der Waals surface area (Å²) in [5.74, 6) is 1.07. The molecule has 27 heavy (non-hydrogen) atoms. The van der Waals surface area contributed by atoms with Crippen molar-refractivity contribution < 1.29 is 5.11 Å². The van der Waals surface area contributed by atoms with Crippen LogP contribution < -0.4 is 10.5 Å². The number of aromatic nitrogens is 5. The molecular weight excluding hydrogens is 344 g/mol. The summed E-state index contributed by atoms with van der Waals surface area (Å²) in [6.45, 7) is 1.40. The van der Waals surface area contributed by atoms with Gasteiger partial charge in [-0.3, -0.25) is 4.79 Å². The Balaban J connectivity index is 1.55. The van der Waals surface area contributed by atoms with Gasteiger partial charge in [0.15, 0.2) is 0 Å². The first kappa shape index (κ1) is 16.2. The lowest BCUT2D eigenvalue weighted by Crippen LogP contribution is -2.51. The number of rotatable bonds is 3. The Kier molecular flexibility index (Phi) is 3.78. The average molecular weight is 364 g/mol. The van der Waals surface area contributed by atoms with E-state index in [1.165, 1.54) is 0 Å². The number of hydrogen-bond acceptors (Lipinski definition) is 6. The highest BCUT2D eigenvalue weighted by molar-refractivity contribution is 5.42. The lowest BCUT2D eigenvalue weighted by Gasteiger charge is -2.46. The fraction of sp³-hybridized carbons (Fsp3) is 0.368. The molecule has 0 spiro atoms. The number of piperidine rings is 1. The van der Waals surface area contributed by atoms with Gasteiger partial charge in [-0.15, -0.1) is 0 Å². The van der Waals surface area contributed by atoms with Crippen LogP contribution in [0.3, 0.4) is 0 Å². The van der Waals surface area contributed by atoms with Crippen molar-refractivity contribution in [2.24, 2.45) is 5.92 Å². The summed E-state index contributed by atoms with van der Waals surface area (Å²) in [7, 11) is 0. The lowest BCUT2D eigenvalue weighted by molar-refractivity contribution is 0.131. The number of nitrogens with zero attached hydrogens (tertiary/aromatic N) is 6. The first-order chi connectivity index (χ1) is 13.3. The van der Waals surface area contributed by atoms with Crippen LogP contribution in [0.1, 0.15) is 24.1 Å². The van der Waals surface area contributed by atoms with Crippen molar-refractivity contribution in [1.29, 1.82) is 0 Å². The molecule has 2 aliphatic heterocycles. The van der Waals surface area contributed by atoms with E-state index in [4.69, 9.17) is 0 Å². The molecule has 2 aromatic heterocycles. The van der Waals surface area contributed by atoms with Crippen LogP contribution in [-0.4, -0.2) is 49.6 Å². The second-order valence-corrected chi connectivity index (χ2v) is 7.23. The third kappa shape index (κ3) is 2.56. The fourth-order valence-electron chi connectivity index (χ4n) is 4.56. The second kappa shape index (κ2) is 6.31. The van der Waals surface area contributed by atoms with Gasteiger partial charge in [0.25, 0.3) is 5.56 Å². The molecular formula is C19H20N6O2. The summed E-state index contributed by atoms with van der Waals surface area (Å²) in [6.07, 6.45) is 0.956. The van der Waals surface area contributed by atoms with E-state index >= 15 is 0 Å². The summed E-state index contributed by atoms with van der Waals surface area (Å²) in [6, 6.07) is 15.0. The summed E-state index contributed by atoms with van der Waals surface area (Å²) in [4.78, 5) is 14.6. The number of tetrazole rings is 1. The van der Waals surface area contributed by atoms with Crippen LogP contribution in [0, 0.1) is 5.92 Å². The van der Waals surface area contributed by atoms with Crippen LogP contribution in [0.4, 0.5) is 5.95 Å². The Labute approximate surface area is 155 Å². The molecule has 5 rings (SSSR count). The highest BCUT2D eigenvalue weighted by atomic mass is 16.3. The molecule has 1 N–H and O–H groups in total. The molecule has 0 amide bonds. The van der Waals surface area contributed by atoms with Gasteiger partial charge >= 0.3 is 0 Å². The highest BCUT2D eigenvalue weighted by Crippen LogP contribution is 2.41. The number of aliphatic hydroxyl groups excluding tert-OH is 1. The van der Waals surface area contributed by atoms with E-state index in [9.17, 15) is 9.90 Å². The minimum atomic E-state index is -0.214. The van der Waals surface area contributed by atoms with E-state index in [1.807, 2.05) is 36.4 Å². The van der Waals surface area contributed by atoms with E-state index in [2.05, 4.69) is 20.4 Å². The first-order valence-electron chi connectivity index (χ1n) is 9.17. The number of para-hydroxylation sites is 1. The maximum Gasteiger partial charge on any atom is 0.251 e. The molecule has 138 valence electrons. The smallest absolute Gasteiger partial charge is 0.251 e. The molecule has 0 saturated carbocycles. The summed E-state index contributed by atoms with van der Waals surface area (Å²) in [5, 5.41) is 22.3. The molecule has 3 atom stereocenters. The van der Waals surface area contributed by atoms with Crippen LogP contribution in [0.5, 0.6) is 0 Å². The number of aliphatic hydroxyl groups is 1. The van der Waals surface area contributed by atoms with Gasteiger partial charge in [-0.2, -0.15) is 4.68 Å². The summed E-state index contributed by atoms with van der Waals surface area (Å²) in [5.41, 5.74) is 1.86. The predicted octanol–water partition coefficient (Wildman–Crippen LogP) is 0.981. The first-order valence-corrected chi connectivity index (χ1v) is 9.17. The maximum atomic E-state index is 12.4. The number of pyridine rings is 1. The number of benzene rings is 1. The van der Waals surface area contributed by atoms with Gasteiger partial charge in [0, 0.05) is 36.7 Å². The Morgan fingerprint density at radius 2 is 1.93 bits per heavy atom. The zero-order valence-corrected chi connectivity index (χ0v) is 14.7. The number of fused-ring (bicyclic) bond motifs is 4. The highest BCUT2D eigenvalue weighted by Gasteiger charge is 2.41. The molecule has 1 aromatic carbocycles. The van der Waals surface area contributed by atoms with E-state index in [1.54, 1.807) is 21.4 Å². The van der Waals surface area contributed by atoms with E-state index < -0.39 is 0 Å². The molecule has 8 heteroatoms. The fourth-order valence-corrected chi connectivity index (χ4v) is 4.56. The molecule has 0 aliphatic carbocycles. The molecule has 3 aromatic rings. The van der Waals surface area contributed by atoms with Gasteiger partial charge in [0.05, 0.1) is 18.3 Å². The van der Waals surface area contributed by atoms with Crippen molar-refractivity contribution in [3.05, 3.63) is 64.6 Å². The van der Waals surface area contributed by atoms with Crippen molar-refractivity contribution in [2.45, 2.75) is 18.4 Å². The molecule has 8 nitrogen and oxygen atoms in total. The van der Waals surface area contributed by atoms with Crippen LogP contribution >= 0.6 is 0 Å². The zero-order valence-electron chi connectivity index (χ0n) is 14.7. The monoisotopic (exact) mass is 364 g/mol.